The maximum absolute atomic E-state index is 12.0. The van der Waals surface area contributed by atoms with Crippen LogP contribution in [0.25, 0.3) is 0 Å². The van der Waals surface area contributed by atoms with Crippen LogP contribution in [-0.4, -0.2) is 20.7 Å². The van der Waals surface area contributed by atoms with Gasteiger partial charge in [0.25, 0.3) is 0 Å². The molecule has 2 heterocycles. The van der Waals surface area contributed by atoms with E-state index >= 15 is 0 Å². The van der Waals surface area contributed by atoms with Gasteiger partial charge in [-0.25, -0.2) is 9.78 Å². The summed E-state index contributed by atoms with van der Waals surface area (Å²) in [7, 11) is 0. The van der Waals surface area contributed by atoms with Crippen molar-refractivity contribution >= 4 is 17.4 Å². The normalized spacial score (nSPS) is 10.4. The Kier molecular flexibility index (Phi) is 2.62. The molecule has 2 rings (SSSR count). The molecule has 0 aliphatic carbocycles. The molecular weight excluding hydrogens is 230 g/mol. The van der Waals surface area contributed by atoms with Crippen molar-refractivity contribution in [2.75, 3.05) is 0 Å². The molecule has 2 aromatic rings. The molecule has 5 nitrogen and oxygen atoms in total. The fourth-order valence-electron chi connectivity index (χ4n) is 1.39. The monoisotopic (exact) mass is 237 g/mol. The Bertz CT molecular complexity index is 600. The van der Waals surface area contributed by atoms with E-state index in [1.807, 2.05) is 0 Å². The van der Waals surface area contributed by atoms with Crippen LogP contribution in [0.15, 0.2) is 23.1 Å². The molecule has 0 radical (unpaired) electrons. The third kappa shape index (κ3) is 1.90. The Balaban J connectivity index is 2.47. The van der Waals surface area contributed by atoms with E-state index in [4.69, 9.17) is 11.6 Å². The summed E-state index contributed by atoms with van der Waals surface area (Å²) >= 11 is 5.68. The van der Waals surface area contributed by atoms with E-state index in [1.54, 1.807) is 13.0 Å². The number of hydrogen-bond donors (Lipinski definition) is 2. The molecule has 0 saturated heterocycles. The molecule has 0 amide bonds. The average molecular weight is 238 g/mol. The second kappa shape index (κ2) is 3.94. The Hall–Kier alpha value is -1.88. The summed E-state index contributed by atoms with van der Waals surface area (Å²) in [5, 5.41) is 0.237. The van der Waals surface area contributed by atoms with Crippen molar-refractivity contribution in [1.29, 1.82) is 0 Å². The summed E-state index contributed by atoms with van der Waals surface area (Å²) in [5.74, 6) is -0.292. The first kappa shape index (κ1) is 10.6. The highest BCUT2D eigenvalue weighted by Crippen LogP contribution is 2.12. The molecule has 82 valence electrons. The quantitative estimate of drug-likeness (QED) is 0.610. The predicted molar refractivity (Wildman–Crippen MR) is 58.8 cm³/mol. The highest BCUT2D eigenvalue weighted by molar-refractivity contribution is 6.29. The molecule has 0 saturated carbocycles. The van der Waals surface area contributed by atoms with Gasteiger partial charge in [0.15, 0.2) is 0 Å². The lowest BCUT2D eigenvalue weighted by Gasteiger charge is -1.99. The lowest BCUT2D eigenvalue weighted by atomic mass is 10.1. The fraction of sp³-hybridized carbons (Fsp3) is 0.100. The minimum atomic E-state index is -0.402. The van der Waals surface area contributed by atoms with Crippen molar-refractivity contribution < 1.29 is 4.79 Å². The standard InChI is InChI=1S/C10H8ClN3O2/c1-5-8(14-10(16)13-5)9(15)6-2-3-12-7(11)4-6/h2-4H,1H3,(H2,13,14,16). The number of pyridine rings is 1. The first-order valence-corrected chi connectivity index (χ1v) is 4.91. The lowest BCUT2D eigenvalue weighted by molar-refractivity contribution is 0.103. The number of nitrogens with one attached hydrogen (secondary N) is 2. The van der Waals surface area contributed by atoms with E-state index in [0.29, 0.717) is 11.3 Å². The number of H-pyrrole nitrogens is 2. The van der Waals surface area contributed by atoms with Gasteiger partial charge in [0.1, 0.15) is 10.8 Å². The predicted octanol–water partition coefficient (Wildman–Crippen LogP) is 1.29. The Morgan fingerprint density at radius 3 is 2.75 bits per heavy atom. The van der Waals surface area contributed by atoms with Crippen LogP contribution in [0.4, 0.5) is 0 Å². The van der Waals surface area contributed by atoms with Gasteiger partial charge in [-0.1, -0.05) is 11.6 Å². The molecule has 0 bridgehead atoms. The van der Waals surface area contributed by atoms with E-state index in [-0.39, 0.29) is 16.6 Å². The summed E-state index contributed by atoms with van der Waals surface area (Å²) in [5.41, 5.74) is 0.731. The van der Waals surface area contributed by atoms with E-state index in [9.17, 15) is 9.59 Å². The number of aryl methyl sites for hydroxylation is 1. The van der Waals surface area contributed by atoms with Crippen molar-refractivity contribution in [1.82, 2.24) is 15.0 Å². The highest BCUT2D eigenvalue weighted by atomic mass is 35.5. The van der Waals surface area contributed by atoms with Gasteiger partial charge in [-0.05, 0) is 19.1 Å². The molecule has 0 aromatic carbocycles. The number of carbonyl (C=O) groups is 1. The first-order valence-electron chi connectivity index (χ1n) is 4.53. The highest BCUT2D eigenvalue weighted by Gasteiger charge is 2.14. The van der Waals surface area contributed by atoms with Gasteiger partial charge in [-0.15, -0.1) is 0 Å². The largest absolute Gasteiger partial charge is 0.323 e. The molecular formula is C10H8ClN3O2. The Labute approximate surface area is 95.5 Å². The third-order valence-corrected chi connectivity index (χ3v) is 2.34. The summed E-state index contributed by atoms with van der Waals surface area (Å²) < 4.78 is 0. The van der Waals surface area contributed by atoms with Crippen LogP contribution in [0.2, 0.25) is 5.15 Å². The molecule has 0 atom stereocenters. The third-order valence-electron chi connectivity index (χ3n) is 2.13. The Morgan fingerprint density at radius 1 is 1.44 bits per heavy atom. The molecule has 16 heavy (non-hydrogen) atoms. The van der Waals surface area contributed by atoms with Crippen LogP contribution in [0, 0.1) is 6.92 Å². The Morgan fingerprint density at radius 2 is 2.19 bits per heavy atom. The van der Waals surface area contributed by atoms with Gasteiger partial charge in [-0.3, -0.25) is 4.79 Å². The van der Waals surface area contributed by atoms with Crippen molar-refractivity contribution in [3.63, 3.8) is 0 Å². The number of halogens is 1. The van der Waals surface area contributed by atoms with Gasteiger partial charge in [0, 0.05) is 17.5 Å². The second-order valence-corrected chi connectivity index (χ2v) is 3.66. The number of aromatic nitrogens is 3. The topological polar surface area (TPSA) is 78.6 Å². The molecule has 0 fully saturated rings. The SMILES string of the molecule is Cc1[nH]c(=O)[nH]c1C(=O)c1ccnc(Cl)c1. The van der Waals surface area contributed by atoms with E-state index < -0.39 is 5.69 Å². The van der Waals surface area contributed by atoms with Crippen molar-refractivity contribution in [3.05, 3.63) is 50.9 Å². The van der Waals surface area contributed by atoms with Gasteiger partial charge in [0.05, 0.1) is 0 Å². The van der Waals surface area contributed by atoms with Crippen LogP contribution < -0.4 is 5.69 Å². The molecule has 0 aliphatic heterocycles. The molecule has 2 N–H and O–H groups in total. The first-order chi connectivity index (χ1) is 7.58. The van der Waals surface area contributed by atoms with E-state index in [1.165, 1.54) is 12.3 Å². The zero-order valence-electron chi connectivity index (χ0n) is 8.37. The molecule has 0 aliphatic rings. The molecule has 0 spiro atoms. The maximum atomic E-state index is 12.0. The minimum Gasteiger partial charge on any atom is -0.310 e. The summed E-state index contributed by atoms with van der Waals surface area (Å²) in [6.45, 7) is 1.65. The minimum absolute atomic E-state index is 0.237. The molecule has 6 heteroatoms. The van der Waals surface area contributed by atoms with Crippen molar-refractivity contribution in [2.24, 2.45) is 0 Å². The number of carbonyl (C=O) groups excluding carboxylic acids is 1. The number of ketones is 1. The number of rotatable bonds is 2. The lowest BCUT2D eigenvalue weighted by Crippen LogP contribution is -2.06. The zero-order valence-corrected chi connectivity index (χ0v) is 9.13. The molecule has 0 unspecified atom stereocenters. The number of hydrogen-bond acceptors (Lipinski definition) is 3. The summed E-state index contributed by atoms with van der Waals surface area (Å²) in [6, 6.07) is 2.99. The zero-order chi connectivity index (χ0) is 11.7. The van der Waals surface area contributed by atoms with Crippen LogP contribution in [-0.2, 0) is 0 Å². The summed E-state index contributed by atoms with van der Waals surface area (Å²) in [4.78, 5) is 31.7. The van der Waals surface area contributed by atoms with Gasteiger partial charge >= 0.3 is 5.69 Å². The van der Waals surface area contributed by atoms with Crippen LogP contribution in [0.1, 0.15) is 21.7 Å². The van der Waals surface area contributed by atoms with E-state index in [0.717, 1.165) is 0 Å². The second-order valence-electron chi connectivity index (χ2n) is 3.28. The number of nitrogens with zero attached hydrogens (tertiary/aromatic N) is 1. The van der Waals surface area contributed by atoms with Gasteiger partial charge in [0.2, 0.25) is 5.78 Å². The van der Waals surface area contributed by atoms with E-state index in [2.05, 4.69) is 15.0 Å². The van der Waals surface area contributed by atoms with Crippen LogP contribution in [0.5, 0.6) is 0 Å². The van der Waals surface area contributed by atoms with Crippen molar-refractivity contribution in [3.8, 4) is 0 Å². The van der Waals surface area contributed by atoms with Gasteiger partial charge in [-0.2, -0.15) is 0 Å². The number of aromatic amines is 2. The van der Waals surface area contributed by atoms with Crippen molar-refractivity contribution in [2.45, 2.75) is 6.92 Å². The number of imidazole rings is 1. The smallest absolute Gasteiger partial charge is 0.310 e. The fourth-order valence-corrected chi connectivity index (χ4v) is 1.56. The van der Waals surface area contributed by atoms with Gasteiger partial charge < -0.3 is 9.97 Å². The van der Waals surface area contributed by atoms with Crippen LogP contribution >= 0.6 is 11.6 Å². The molecule has 2 aromatic heterocycles. The van der Waals surface area contributed by atoms with Crippen LogP contribution in [0.3, 0.4) is 0 Å². The summed E-state index contributed by atoms with van der Waals surface area (Å²) in [6.07, 6.45) is 1.44. The maximum Gasteiger partial charge on any atom is 0.323 e. The average Bonchev–Trinajstić information content (AvgIpc) is 2.57.